The van der Waals surface area contributed by atoms with Gasteiger partial charge in [-0.1, -0.05) is 231 Å². The quantitative estimate of drug-likeness (QED) is 0.147. The highest BCUT2D eigenvalue weighted by molar-refractivity contribution is 6.11. The monoisotopic (exact) mass is 902 g/mol. The normalized spacial score (nSPS) is 12.6. The second-order valence-electron chi connectivity index (χ2n) is 18.8. The maximum atomic E-state index is 2.47. The molecule has 1 aromatic heterocycles. The molecular weight excluding hydrogens is 857 g/mol. The Morgan fingerprint density at radius 1 is 0.296 bits per heavy atom. The van der Waals surface area contributed by atoms with Crippen molar-refractivity contribution in [3.05, 3.63) is 301 Å². The van der Waals surface area contributed by atoms with Crippen molar-refractivity contribution in [1.29, 1.82) is 0 Å². The molecular formula is C69H46N2. The van der Waals surface area contributed by atoms with Gasteiger partial charge in [0.1, 0.15) is 0 Å². The highest BCUT2D eigenvalue weighted by atomic mass is 15.1. The summed E-state index contributed by atoms with van der Waals surface area (Å²) >= 11 is 0. The smallest absolute Gasteiger partial charge is 0.0713 e. The van der Waals surface area contributed by atoms with Gasteiger partial charge in [-0.05, 0) is 115 Å². The molecule has 2 heteroatoms. The van der Waals surface area contributed by atoms with Gasteiger partial charge in [-0.2, -0.15) is 0 Å². The molecule has 332 valence electrons. The van der Waals surface area contributed by atoms with Crippen LogP contribution in [0.3, 0.4) is 0 Å². The standard InChI is InChI=1S/C69H46N2/c1-3-23-53(24-4-1)69(54-25-5-2-6-26-54)63-32-13-11-30-59(63)62-46-56(41-43-64(62)69)71-67-33-14-12-31-60(67)61-42-40-52(45-68(61)71)48-38-36-47(37-39-48)51-22-15-27-55(44-51)70(65-34-16-20-49-18-7-9-28-57(49)65)66-35-17-21-50-19-8-10-29-58(50)66/h1-46H. The Bertz CT molecular complexity index is 4040. The molecule has 1 heterocycles. The number of hydrogen-bond donors (Lipinski definition) is 0. The number of hydrogen-bond acceptors (Lipinski definition) is 1. The van der Waals surface area contributed by atoms with E-state index in [-0.39, 0.29) is 0 Å². The summed E-state index contributed by atoms with van der Waals surface area (Å²) in [5.41, 5.74) is 18.9. The van der Waals surface area contributed by atoms with Gasteiger partial charge in [0.15, 0.2) is 0 Å². The number of rotatable bonds is 8. The third kappa shape index (κ3) is 6.42. The fourth-order valence-electron chi connectivity index (χ4n) is 11.9. The Morgan fingerprint density at radius 3 is 1.48 bits per heavy atom. The minimum atomic E-state index is -0.443. The van der Waals surface area contributed by atoms with Crippen LogP contribution in [-0.4, -0.2) is 4.57 Å². The second-order valence-corrected chi connectivity index (χ2v) is 18.8. The van der Waals surface area contributed by atoms with E-state index in [1.165, 1.54) is 93.4 Å². The molecule has 14 rings (SSSR count). The number of fused-ring (bicyclic) bond motifs is 8. The van der Waals surface area contributed by atoms with Crippen LogP contribution in [0.25, 0.3) is 82.4 Å². The van der Waals surface area contributed by atoms with E-state index in [0.29, 0.717) is 0 Å². The maximum Gasteiger partial charge on any atom is 0.0713 e. The molecule has 0 amide bonds. The van der Waals surface area contributed by atoms with Crippen molar-refractivity contribution in [2.75, 3.05) is 4.90 Å². The molecule has 0 spiro atoms. The van der Waals surface area contributed by atoms with Crippen LogP contribution in [0.2, 0.25) is 0 Å². The lowest BCUT2D eigenvalue weighted by Crippen LogP contribution is -2.28. The first-order valence-corrected chi connectivity index (χ1v) is 24.6. The number of anilines is 3. The lowest BCUT2D eigenvalue weighted by molar-refractivity contribution is 0.768. The van der Waals surface area contributed by atoms with Crippen molar-refractivity contribution in [3.63, 3.8) is 0 Å². The van der Waals surface area contributed by atoms with Gasteiger partial charge in [0.25, 0.3) is 0 Å². The van der Waals surface area contributed by atoms with Gasteiger partial charge < -0.3 is 9.47 Å². The van der Waals surface area contributed by atoms with Crippen molar-refractivity contribution in [1.82, 2.24) is 4.57 Å². The summed E-state index contributed by atoms with van der Waals surface area (Å²) < 4.78 is 2.47. The van der Waals surface area contributed by atoms with E-state index in [1.807, 2.05) is 0 Å². The van der Waals surface area contributed by atoms with Gasteiger partial charge >= 0.3 is 0 Å². The third-order valence-corrected chi connectivity index (χ3v) is 15.0. The average Bonchev–Trinajstić information content (AvgIpc) is 3.94. The molecule has 0 atom stereocenters. The molecule has 0 N–H and O–H groups in total. The topological polar surface area (TPSA) is 8.17 Å². The lowest BCUT2D eigenvalue weighted by Gasteiger charge is -2.33. The lowest BCUT2D eigenvalue weighted by atomic mass is 9.68. The molecule has 1 aliphatic carbocycles. The molecule has 0 radical (unpaired) electrons. The molecule has 12 aromatic carbocycles. The zero-order valence-electron chi connectivity index (χ0n) is 39.0. The largest absolute Gasteiger partial charge is 0.309 e. The van der Waals surface area contributed by atoms with Crippen LogP contribution in [0.5, 0.6) is 0 Å². The Morgan fingerprint density at radius 2 is 0.803 bits per heavy atom. The summed E-state index contributed by atoms with van der Waals surface area (Å²) in [5, 5.41) is 7.34. The van der Waals surface area contributed by atoms with Crippen LogP contribution in [-0.2, 0) is 5.41 Å². The van der Waals surface area contributed by atoms with Crippen LogP contribution < -0.4 is 4.90 Å². The van der Waals surface area contributed by atoms with E-state index >= 15 is 0 Å². The third-order valence-electron chi connectivity index (χ3n) is 15.0. The van der Waals surface area contributed by atoms with E-state index in [9.17, 15) is 0 Å². The Kier molecular flexibility index (Phi) is 9.47. The fourth-order valence-corrected chi connectivity index (χ4v) is 11.9. The summed E-state index contributed by atoms with van der Waals surface area (Å²) in [6.45, 7) is 0. The molecule has 0 saturated heterocycles. The first-order valence-electron chi connectivity index (χ1n) is 24.6. The SMILES string of the molecule is c1ccc(C2(c3ccccc3)c3ccccc3-c3cc(-n4c5ccccc5c5ccc(-c6ccc(-c7cccc(N(c8cccc9ccccc89)c8cccc9ccccc89)c7)cc6)cc54)ccc32)cc1. The molecule has 2 nitrogen and oxygen atoms in total. The fraction of sp³-hybridized carbons (Fsp3) is 0.0145. The van der Waals surface area contributed by atoms with Gasteiger partial charge in [-0.25, -0.2) is 0 Å². The van der Waals surface area contributed by atoms with Crippen LogP contribution in [0.15, 0.2) is 279 Å². The number of aromatic nitrogens is 1. The highest BCUT2D eigenvalue weighted by Gasteiger charge is 2.46. The van der Waals surface area contributed by atoms with Crippen LogP contribution in [0.4, 0.5) is 17.1 Å². The average molecular weight is 903 g/mol. The number of nitrogens with zero attached hydrogens (tertiary/aromatic N) is 2. The summed E-state index contributed by atoms with van der Waals surface area (Å²) in [6, 6.07) is 103. The van der Waals surface area contributed by atoms with Gasteiger partial charge in [0.2, 0.25) is 0 Å². The van der Waals surface area contributed by atoms with Crippen molar-refractivity contribution in [3.8, 4) is 39.1 Å². The van der Waals surface area contributed by atoms with Crippen molar-refractivity contribution in [2.24, 2.45) is 0 Å². The zero-order chi connectivity index (χ0) is 46.9. The maximum absolute atomic E-state index is 2.47. The number of para-hydroxylation sites is 1. The van der Waals surface area contributed by atoms with Crippen LogP contribution >= 0.6 is 0 Å². The van der Waals surface area contributed by atoms with Crippen molar-refractivity contribution >= 4 is 60.4 Å². The molecule has 0 aliphatic heterocycles. The zero-order valence-corrected chi connectivity index (χ0v) is 39.0. The summed E-state index contributed by atoms with van der Waals surface area (Å²) in [7, 11) is 0. The van der Waals surface area contributed by atoms with Gasteiger partial charge in [-0.15, -0.1) is 0 Å². The molecule has 71 heavy (non-hydrogen) atoms. The minimum Gasteiger partial charge on any atom is -0.309 e. The minimum absolute atomic E-state index is 0.443. The predicted molar refractivity (Wildman–Crippen MR) is 299 cm³/mol. The van der Waals surface area contributed by atoms with E-state index < -0.39 is 5.41 Å². The van der Waals surface area contributed by atoms with Gasteiger partial charge in [0, 0.05) is 32.9 Å². The van der Waals surface area contributed by atoms with Crippen LogP contribution in [0, 0.1) is 0 Å². The summed E-state index contributed by atoms with van der Waals surface area (Å²) in [5.74, 6) is 0. The van der Waals surface area contributed by atoms with Gasteiger partial charge in [0.05, 0.1) is 27.8 Å². The Labute approximate surface area is 413 Å². The first kappa shape index (κ1) is 40.8. The first-order chi connectivity index (χ1) is 35.2. The van der Waals surface area contributed by atoms with Crippen molar-refractivity contribution < 1.29 is 0 Å². The summed E-state index contributed by atoms with van der Waals surface area (Å²) in [6.07, 6.45) is 0. The van der Waals surface area contributed by atoms with E-state index in [0.717, 1.165) is 28.3 Å². The molecule has 0 saturated carbocycles. The Hall–Kier alpha value is -9.24. The second kappa shape index (κ2) is 16.5. The predicted octanol–water partition coefficient (Wildman–Crippen LogP) is 18.3. The molecule has 0 bridgehead atoms. The van der Waals surface area contributed by atoms with E-state index in [4.69, 9.17) is 0 Å². The van der Waals surface area contributed by atoms with Crippen molar-refractivity contribution in [2.45, 2.75) is 5.41 Å². The Balaban J connectivity index is 0.869. The molecule has 13 aromatic rings. The highest BCUT2D eigenvalue weighted by Crippen LogP contribution is 2.56. The van der Waals surface area contributed by atoms with Crippen LogP contribution in [0.1, 0.15) is 22.3 Å². The van der Waals surface area contributed by atoms with E-state index in [1.54, 1.807) is 0 Å². The number of benzene rings is 12. The van der Waals surface area contributed by atoms with Gasteiger partial charge in [-0.3, -0.25) is 0 Å². The van der Waals surface area contributed by atoms with E-state index in [2.05, 4.69) is 289 Å². The molecule has 1 aliphatic rings. The summed E-state index contributed by atoms with van der Waals surface area (Å²) in [4.78, 5) is 2.43. The molecule has 0 fully saturated rings. The molecule has 0 unspecified atom stereocenters.